The highest BCUT2D eigenvalue weighted by molar-refractivity contribution is 6.30. The van der Waals surface area contributed by atoms with E-state index in [1.165, 1.54) is 11.8 Å². The van der Waals surface area contributed by atoms with Crippen LogP contribution in [0.4, 0.5) is 4.79 Å². The summed E-state index contributed by atoms with van der Waals surface area (Å²) in [7, 11) is 3.13. The van der Waals surface area contributed by atoms with Crippen molar-refractivity contribution in [2.75, 3.05) is 14.1 Å². The van der Waals surface area contributed by atoms with Crippen LogP contribution in [0.1, 0.15) is 24.9 Å². The number of rotatable bonds is 6. The molecule has 3 amide bonds. The van der Waals surface area contributed by atoms with Gasteiger partial charge in [-0.25, -0.2) is 4.79 Å². The van der Waals surface area contributed by atoms with Gasteiger partial charge < -0.3 is 20.7 Å². The van der Waals surface area contributed by atoms with E-state index < -0.39 is 24.1 Å². The number of halogens is 1. The van der Waals surface area contributed by atoms with Gasteiger partial charge in [0, 0.05) is 19.1 Å². The number of carbonyl (C=O) groups excluding carboxylic acids is 3. The first-order chi connectivity index (χ1) is 10.7. The van der Waals surface area contributed by atoms with Crippen LogP contribution in [0.5, 0.6) is 0 Å². The Morgan fingerprint density at radius 3 is 2.30 bits per heavy atom. The molecule has 3 N–H and O–H groups in total. The van der Waals surface area contributed by atoms with Crippen molar-refractivity contribution in [1.82, 2.24) is 10.2 Å². The average Bonchev–Trinajstić information content (AvgIpc) is 2.45. The summed E-state index contributed by atoms with van der Waals surface area (Å²) in [5.41, 5.74) is 5.79. The quantitative estimate of drug-likeness (QED) is 0.765. The number of ether oxygens (including phenoxy) is 1. The van der Waals surface area contributed by atoms with Gasteiger partial charge in [0.25, 0.3) is 5.91 Å². The Bertz CT molecular complexity index is 575. The topological polar surface area (TPSA) is 102 Å². The third kappa shape index (κ3) is 6.15. The summed E-state index contributed by atoms with van der Waals surface area (Å²) in [4.78, 5) is 36.1. The average molecular weight is 342 g/mol. The highest BCUT2D eigenvalue weighted by atomic mass is 35.5. The largest absolute Gasteiger partial charge is 0.452 e. The first kappa shape index (κ1) is 18.8. The maximum absolute atomic E-state index is 12.0. The van der Waals surface area contributed by atoms with E-state index in [1.54, 1.807) is 38.4 Å². The second kappa shape index (κ2) is 8.38. The molecule has 0 spiro atoms. The zero-order chi connectivity index (χ0) is 17.6. The summed E-state index contributed by atoms with van der Waals surface area (Å²) in [6.07, 6.45) is -1.06. The number of urea groups is 1. The highest BCUT2D eigenvalue weighted by Crippen LogP contribution is 2.20. The monoisotopic (exact) mass is 341 g/mol. The fourth-order valence-corrected chi connectivity index (χ4v) is 2.07. The summed E-state index contributed by atoms with van der Waals surface area (Å²) in [6.45, 7) is 1.49. The van der Waals surface area contributed by atoms with Gasteiger partial charge in [-0.2, -0.15) is 0 Å². The normalized spacial score (nSPS) is 12.9. The summed E-state index contributed by atoms with van der Waals surface area (Å²) in [5.74, 6) is -0.953. The van der Waals surface area contributed by atoms with Crippen molar-refractivity contribution in [2.24, 2.45) is 5.73 Å². The molecular weight excluding hydrogens is 322 g/mol. The third-order valence-corrected chi connectivity index (χ3v) is 3.31. The molecule has 0 fully saturated rings. The lowest BCUT2D eigenvalue weighted by Crippen LogP contribution is -2.37. The van der Waals surface area contributed by atoms with Gasteiger partial charge in [-0.05, 0) is 24.6 Å². The summed E-state index contributed by atoms with van der Waals surface area (Å²) >= 11 is 5.82. The van der Waals surface area contributed by atoms with Crippen molar-refractivity contribution in [3.05, 3.63) is 34.9 Å². The molecule has 0 radical (unpaired) electrons. The van der Waals surface area contributed by atoms with E-state index in [0.29, 0.717) is 10.6 Å². The summed E-state index contributed by atoms with van der Waals surface area (Å²) in [6, 6.07) is 5.18. The molecular formula is C15H20ClN3O4. The number of hydrogen-bond acceptors (Lipinski definition) is 4. The number of nitrogens with two attached hydrogens (primary N) is 1. The van der Waals surface area contributed by atoms with Crippen molar-refractivity contribution < 1.29 is 19.1 Å². The van der Waals surface area contributed by atoms with Crippen molar-refractivity contribution in [3.8, 4) is 0 Å². The molecule has 0 aliphatic heterocycles. The Hall–Kier alpha value is -2.28. The van der Waals surface area contributed by atoms with Gasteiger partial charge in [0.2, 0.25) is 0 Å². The van der Waals surface area contributed by atoms with E-state index in [2.05, 4.69) is 5.32 Å². The van der Waals surface area contributed by atoms with Crippen molar-refractivity contribution >= 4 is 29.5 Å². The van der Waals surface area contributed by atoms with Gasteiger partial charge >= 0.3 is 12.0 Å². The molecule has 0 bridgehead atoms. The number of nitrogens with zero attached hydrogens (tertiary/aromatic N) is 1. The highest BCUT2D eigenvalue weighted by Gasteiger charge is 2.23. The lowest BCUT2D eigenvalue weighted by Gasteiger charge is -2.20. The molecule has 0 aromatic heterocycles. The minimum absolute atomic E-state index is 0.157. The molecule has 0 aliphatic carbocycles. The summed E-state index contributed by atoms with van der Waals surface area (Å²) < 4.78 is 5.08. The number of carbonyl (C=O) groups is 3. The molecule has 1 aromatic rings. The van der Waals surface area contributed by atoms with Crippen LogP contribution in [-0.2, 0) is 14.3 Å². The van der Waals surface area contributed by atoms with Crippen LogP contribution in [0.3, 0.4) is 0 Å². The standard InChI is InChI=1S/C15H20ClN3O4/c1-9(14(21)19(2)3)23-13(20)8-12(18-15(17)22)10-4-6-11(16)7-5-10/h4-7,9,12H,8H2,1-3H3,(H3,17,18,22)/t9-,12-/m1/s1. The van der Waals surface area contributed by atoms with Gasteiger partial charge in [0.15, 0.2) is 6.10 Å². The number of amides is 3. The van der Waals surface area contributed by atoms with Gasteiger partial charge in [-0.15, -0.1) is 0 Å². The molecule has 0 saturated carbocycles. The van der Waals surface area contributed by atoms with Gasteiger partial charge in [0.1, 0.15) is 0 Å². The molecule has 0 saturated heterocycles. The number of primary amides is 1. The van der Waals surface area contributed by atoms with Crippen LogP contribution in [0.15, 0.2) is 24.3 Å². The molecule has 7 nitrogen and oxygen atoms in total. The molecule has 8 heteroatoms. The maximum Gasteiger partial charge on any atom is 0.312 e. The first-order valence-electron chi connectivity index (χ1n) is 6.92. The molecule has 126 valence electrons. The Morgan fingerprint density at radius 2 is 1.83 bits per heavy atom. The zero-order valence-electron chi connectivity index (χ0n) is 13.2. The number of nitrogens with one attached hydrogen (secondary N) is 1. The SMILES string of the molecule is C[C@@H](OC(=O)C[C@@H](NC(N)=O)c1ccc(Cl)cc1)C(=O)N(C)C. The number of benzene rings is 1. The third-order valence-electron chi connectivity index (χ3n) is 3.06. The lowest BCUT2D eigenvalue weighted by molar-refractivity contribution is -0.158. The zero-order valence-corrected chi connectivity index (χ0v) is 14.0. The van der Waals surface area contributed by atoms with E-state index in [1.807, 2.05) is 0 Å². The molecule has 1 aromatic carbocycles. The second-order valence-corrected chi connectivity index (χ2v) is 5.62. The van der Waals surface area contributed by atoms with Crippen LogP contribution < -0.4 is 11.1 Å². The Kier molecular flexibility index (Phi) is 6.84. The molecule has 0 heterocycles. The van der Waals surface area contributed by atoms with E-state index in [-0.39, 0.29) is 12.3 Å². The number of likely N-dealkylation sites (N-methyl/N-ethyl adjacent to an activating group) is 1. The predicted octanol–water partition coefficient (Wildman–Crippen LogP) is 1.46. The Labute approximate surface area is 139 Å². The maximum atomic E-state index is 12.0. The van der Waals surface area contributed by atoms with Crippen LogP contribution >= 0.6 is 11.6 Å². The van der Waals surface area contributed by atoms with Gasteiger partial charge in [0.05, 0.1) is 12.5 Å². The molecule has 2 atom stereocenters. The minimum Gasteiger partial charge on any atom is -0.452 e. The number of hydrogen-bond donors (Lipinski definition) is 2. The van der Waals surface area contributed by atoms with Crippen molar-refractivity contribution in [3.63, 3.8) is 0 Å². The van der Waals surface area contributed by atoms with E-state index >= 15 is 0 Å². The summed E-state index contributed by atoms with van der Waals surface area (Å²) in [5, 5.41) is 3.00. The lowest BCUT2D eigenvalue weighted by atomic mass is 10.0. The van der Waals surface area contributed by atoms with Crippen LogP contribution in [-0.4, -0.2) is 43.0 Å². The van der Waals surface area contributed by atoms with Gasteiger partial charge in [-0.1, -0.05) is 23.7 Å². The Morgan fingerprint density at radius 1 is 1.26 bits per heavy atom. The first-order valence-corrected chi connectivity index (χ1v) is 7.30. The Balaban J connectivity index is 2.77. The van der Waals surface area contributed by atoms with Crippen molar-refractivity contribution in [2.45, 2.75) is 25.5 Å². The van der Waals surface area contributed by atoms with E-state index in [9.17, 15) is 14.4 Å². The number of esters is 1. The van der Waals surface area contributed by atoms with Gasteiger partial charge in [-0.3, -0.25) is 9.59 Å². The van der Waals surface area contributed by atoms with E-state index in [4.69, 9.17) is 22.1 Å². The fourth-order valence-electron chi connectivity index (χ4n) is 1.94. The van der Waals surface area contributed by atoms with E-state index in [0.717, 1.165) is 0 Å². The smallest absolute Gasteiger partial charge is 0.312 e. The molecule has 0 unspecified atom stereocenters. The molecule has 23 heavy (non-hydrogen) atoms. The minimum atomic E-state index is -0.906. The fraction of sp³-hybridized carbons (Fsp3) is 0.400. The van der Waals surface area contributed by atoms with Crippen LogP contribution in [0.2, 0.25) is 5.02 Å². The van der Waals surface area contributed by atoms with Crippen LogP contribution in [0.25, 0.3) is 0 Å². The van der Waals surface area contributed by atoms with Crippen molar-refractivity contribution in [1.29, 1.82) is 0 Å². The second-order valence-electron chi connectivity index (χ2n) is 5.18. The molecule has 1 rings (SSSR count). The molecule has 0 aliphatic rings. The van der Waals surface area contributed by atoms with Crippen LogP contribution in [0, 0.1) is 0 Å². The predicted molar refractivity (Wildman–Crippen MR) is 85.8 cm³/mol.